The minimum Gasteiger partial charge on any atom is -0.495 e. The highest BCUT2D eigenvalue weighted by Gasteiger charge is 1.98. The number of hydrogen-bond donors (Lipinski definition) is 0. The molecule has 14 heavy (non-hydrogen) atoms. The number of ether oxygens (including phenoxy) is 1. The van der Waals surface area contributed by atoms with Crippen LogP contribution in [0.4, 0.5) is 0 Å². The first-order valence-corrected chi connectivity index (χ1v) is 4.33. The van der Waals surface area contributed by atoms with Gasteiger partial charge < -0.3 is 4.74 Å². The highest BCUT2D eigenvalue weighted by atomic mass is 16.5. The minimum absolute atomic E-state index is 0.0158. The zero-order chi connectivity index (χ0) is 10.6. The molecule has 0 unspecified atom stereocenters. The molecule has 0 N–H and O–H groups in total. The van der Waals surface area contributed by atoms with Crippen molar-refractivity contribution in [3.63, 3.8) is 0 Å². The highest BCUT2D eigenvalue weighted by molar-refractivity contribution is 5.91. The molecule has 0 atom stereocenters. The second-order valence-corrected chi connectivity index (χ2v) is 3.02. The summed E-state index contributed by atoms with van der Waals surface area (Å²) in [6.07, 6.45) is 4.84. The molecule has 74 valence electrons. The van der Waals surface area contributed by atoms with E-state index in [1.165, 1.54) is 13.0 Å². The Balaban J connectivity index is 2.94. The number of hydrogen-bond acceptors (Lipinski definition) is 3. The fourth-order valence-corrected chi connectivity index (χ4v) is 1.04. The van der Waals surface area contributed by atoms with Crippen LogP contribution in [0.5, 0.6) is 5.75 Å². The predicted octanol–water partition coefficient (Wildman–Crippen LogP) is 2.00. The molecule has 0 radical (unpaired) electrons. The summed E-state index contributed by atoms with van der Waals surface area (Å²) < 4.78 is 5.02. The Morgan fingerprint density at radius 2 is 2.29 bits per heavy atom. The summed E-state index contributed by atoms with van der Waals surface area (Å²) in [6.45, 7) is 3.44. The first-order chi connectivity index (χ1) is 6.63. The van der Waals surface area contributed by atoms with Gasteiger partial charge in [0.15, 0.2) is 5.78 Å². The van der Waals surface area contributed by atoms with E-state index in [0.29, 0.717) is 0 Å². The quantitative estimate of drug-likeness (QED) is 0.686. The molecule has 0 saturated carbocycles. The Hall–Kier alpha value is -1.64. The summed E-state index contributed by atoms with van der Waals surface area (Å²) in [7, 11) is 1.60. The van der Waals surface area contributed by atoms with Crippen LogP contribution < -0.4 is 4.74 Å². The van der Waals surface area contributed by atoms with E-state index >= 15 is 0 Å². The number of nitrogens with zero attached hydrogens (tertiary/aromatic N) is 1. The third-order valence-electron chi connectivity index (χ3n) is 1.81. The van der Waals surface area contributed by atoms with E-state index in [2.05, 4.69) is 4.98 Å². The van der Waals surface area contributed by atoms with E-state index in [4.69, 9.17) is 4.74 Å². The van der Waals surface area contributed by atoms with Gasteiger partial charge in [-0.15, -0.1) is 0 Å². The molecule has 0 fully saturated rings. The number of aryl methyl sites for hydroxylation is 1. The highest BCUT2D eigenvalue weighted by Crippen LogP contribution is 2.14. The fraction of sp³-hybridized carbons (Fsp3) is 0.273. The van der Waals surface area contributed by atoms with Gasteiger partial charge >= 0.3 is 0 Å². The van der Waals surface area contributed by atoms with Crippen LogP contribution in [0.2, 0.25) is 0 Å². The first kappa shape index (κ1) is 10.4. The van der Waals surface area contributed by atoms with E-state index in [-0.39, 0.29) is 5.78 Å². The number of ketones is 1. The summed E-state index contributed by atoms with van der Waals surface area (Å²) in [5, 5.41) is 0. The third kappa shape index (κ3) is 2.69. The van der Waals surface area contributed by atoms with Gasteiger partial charge in [0.1, 0.15) is 5.75 Å². The standard InChI is InChI=1S/C11H13NO2/c1-8-6-10(14-3)7-12-11(8)5-4-9(2)13/h4-7H,1-3H3/b5-4-. The summed E-state index contributed by atoms with van der Waals surface area (Å²) >= 11 is 0. The molecule has 0 aromatic carbocycles. The second-order valence-electron chi connectivity index (χ2n) is 3.02. The Morgan fingerprint density at radius 1 is 1.57 bits per heavy atom. The monoisotopic (exact) mass is 191 g/mol. The van der Waals surface area contributed by atoms with Gasteiger partial charge in [-0.2, -0.15) is 0 Å². The van der Waals surface area contributed by atoms with Gasteiger partial charge in [-0.05, 0) is 37.6 Å². The van der Waals surface area contributed by atoms with Crippen LogP contribution in [-0.4, -0.2) is 17.9 Å². The molecule has 0 aliphatic rings. The molecule has 0 bridgehead atoms. The predicted molar refractivity (Wildman–Crippen MR) is 55.2 cm³/mol. The van der Waals surface area contributed by atoms with E-state index in [1.807, 2.05) is 13.0 Å². The SMILES string of the molecule is COc1cnc(/C=C\C(C)=O)c(C)c1. The molecular formula is C11H13NO2. The number of allylic oxidation sites excluding steroid dienone is 1. The van der Waals surface area contributed by atoms with E-state index in [1.54, 1.807) is 19.4 Å². The van der Waals surface area contributed by atoms with Crippen LogP contribution in [0.25, 0.3) is 6.08 Å². The molecule has 0 spiro atoms. The van der Waals surface area contributed by atoms with Crippen LogP contribution >= 0.6 is 0 Å². The van der Waals surface area contributed by atoms with Crippen LogP contribution in [0.3, 0.4) is 0 Å². The van der Waals surface area contributed by atoms with Crippen molar-refractivity contribution in [2.24, 2.45) is 0 Å². The van der Waals surface area contributed by atoms with Crippen LogP contribution in [0, 0.1) is 6.92 Å². The molecular weight excluding hydrogens is 178 g/mol. The van der Waals surface area contributed by atoms with Crippen molar-refractivity contribution < 1.29 is 9.53 Å². The van der Waals surface area contributed by atoms with E-state index in [0.717, 1.165) is 17.0 Å². The number of rotatable bonds is 3. The van der Waals surface area contributed by atoms with Gasteiger partial charge in [0.25, 0.3) is 0 Å². The smallest absolute Gasteiger partial charge is 0.152 e. The number of methoxy groups -OCH3 is 1. The van der Waals surface area contributed by atoms with Crippen molar-refractivity contribution in [2.75, 3.05) is 7.11 Å². The number of pyridine rings is 1. The van der Waals surface area contributed by atoms with E-state index < -0.39 is 0 Å². The van der Waals surface area contributed by atoms with Crippen LogP contribution in [0.1, 0.15) is 18.2 Å². The van der Waals surface area contributed by atoms with Crippen molar-refractivity contribution in [3.8, 4) is 5.75 Å². The maximum Gasteiger partial charge on any atom is 0.152 e. The van der Waals surface area contributed by atoms with Crippen molar-refractivity contribution >= 4 is 11.9 Å². The van der Waals surface area contributed by atoms with Gasteiger partial charge in [-0.1, -0.05) is 0 Å². The van der Waals surface area contributed by atoms with Gasteiger partial charge in [-0.25, -0.2) is 0 Å². The molecule has 3 heteroatoms. The molecule has 1 aromatic heterocycles. The molecule has 1 rings (SSSR count). The molecule has 1 aromatic rings. The number of carbonyl (C=O) groups is 1. The third-order valence-corrected chi connectivity index (χ3v) is 1.81. The Bertz CT molecular complexity index is 370. The maximum atomic E-state index is 10.7. The lowest BCUT2D eigenvalue weighted by molar-refractivity contribution is -0.112. The maximum absolute atomic E-state index is 10.7. The second kappa shape index (κ2) is 4.56. The molecule has 1 heterocycles. The largest absolute Gasteiger partial charge is 0.495 e. The first-order valence-electron chi connectivity index (χ1n) is 4.33. The van der Waals surface area contributed by atoms with Crippen molar-refractivity contribution in [1.82, 2.24) is 4.98 Å². The molecule has 3 nitrogen and oxygen atoms in total. The summed E-state index contributed by atoms with van der Waals surface area (Å²) in [5.74, 6) is 0.740. The zero-order valence-corrected chi connectivity index (χ0v) is 8.57. The Labute approximate surface area is 83.4 Å². The topological polar surface area (TPSA) is 39.2 Å². The van der Waals surface area contributed by atoms with E-state index in [9.17, 15) is 4.79 Å². The number of aromatic nitrogens is 1. The lowest BCUT2D eigenvalue weighted by Gasteiger charge is -2.02. The normalized spacial score (nSPS) is 10.5. The number of carbonyl (C=O) groups excluding carboxylic acids is 1. The Kier molecular flexibility index (Phi) is 3.40. The molecule has 0 saturated heterocycles. The van der Waals surface area contributed by atoms with Gasteiger partial charge in [0.05, 0.1) is 19.0 Å². The summed E-state index contributed by atoms with van der Waals surface area (Å²) in [5.41, 5.74) is 1.78. The lowest BCUT2D eigenvalue weighted by Crippen LogP contribution is -1.91. The van der Waals surface area contributed by atoms with Gasteiger partial charge in [0.2, 0.25) is 0 Å². The molecule has 0 aliphatic carbocycles. The van der Waals surface area contributed by atoms with Crippen molar-refractivity contribution in [3.05, 3.63) is 29.6 Å². The zero-order valence-electron chi connectivity index (χ0n) is 8.57. The summed E-state index contributed by atoms with van der Waals surface area (Å²) in [6, 6.07) is 1.88. The fourth-order valence-electron chi connectivity index (χ4n) is 1.04. The van der Waals surface area contributed by atoms with Crippen LogP contribution in [0.15, 0.2) is 18.3 Å². The average molecular weight is 191 g/mol. The van der Waals surface area contributed by atoms with Crippen molar-refractivity contribution in [2.45, 2.75) is 13.8 Å². The summed E-state index contributed by atoms with van der Waals surface area (Å²) in [4.78, 5) is 14.9. The van der Waals surface area contributed by atoms with Crippen molar-refractivity contribution in [1.29, 1.82) is 0 Å². The minimum atomic E-state index is 0.0158. The molecule has 0 amide bonds. The van der Waals surface area contributed by atoms with Gasteiger partial charge in [-0.3, -0.25) is 9.78 Å². The average Bonchev–Trinajstić information content (AvgIpc) is 2.15. The Morgan fingerprint density at radius 3 is 2.79 bits per heavy atom. The molecule has 0 aliphatic heterocycles. The van der Waals surface area contributed by atoms with Gasteiger partial charge in [0, 0.05) is 0 Å². The van der Waals surface area contributed by atoms with Crippen LogP contribution in [-0.2, 0) is 4.79 Å². The lowest BCUT2D eigenvalue weighted by atomic mass is 10.2.